The van der Waals surface area contributed by atoms with E-state index in [-0.39, 0.29) is 23.3 Å². The topological polar surface area (TPSA) is 102 Å². The van der Waals surface area contributed by atoms with Gasteiger partial charge in [0.25, 0.3) is 0 Å². The average Bonchev–Trinajstić information content (AvgIpc) is 3.36. The zero-order valence-electron chi connectivity index (χ0n) is 21.3. The molecule has 2 aliphatic rings. The Balaban J connectivity index is 1.51. The first-order chi connectivity index (χ1) is 17.9. The first-order valence-electron chi connectivity index (χ1n) is 13.2. The van der Waals surface area contributed by atoms with Gasteiger partial charge in [-0.2, -0.15) is 9.40 Å². The number of carbonyl (C=O) groups is 1. The van der Waals surface area contributed by atoms with Crippen LogP contribution in [0.3, 0.4) is 0 Å². The number of hydrogen-bond acceptors (Lipinski definition) is 5. The molecule has 2 aromatic carbocycles. The number of methoxy groups -OCH3 is 1. The molecule has 2 atom stereocenters. The van der Waals surface area contributed by atoms with Crippen LogP contribution in [0.15, 0.2) is 53.4 Å². The predicted molar refractivity (Wildman–Crippen MR) is 141 cm³/mol. The molecule has 198 valence electrons. The summed E-state index contributed by atoms with van der Waals surface area (Å²) in [5.74, 6) is 0.343. The molecule has 8 nitrogen and oxygen atoms in total. The third kappa shape index (κ3) is 5.38. The zero-order valence-corrected chi connectivity index (χ0v) is 22.1. The highest BCUT2D eigenvalue weighted by Crippen LogP contribution is 2.40. The summed E-state index contributed by atoms with van der Waals surface area (Å²) in [4.78, 5) is 11.8. The second-order valence-electron chi connectivity index (χ2n) is 10.4. The van der Waals surface area contributed by atoms with Crippen molar-refractivity contribution in [1.82, 2.24) is 14.1 Å². The molecule has 1 aliphatic carbocycles. The molecule has 0 spiro atoms. The Kier molecular flexibility index (Phi) is 7.53. The highest BCUT2D eigenvalue weighted by Gasteiger charge is 2.42. The third-order valence-corrected chi connectivity index (χ3v) is 9.85. The molecule has 3 aromatic rings. The molecule has 0 amide bonds. The van der Waals surface area contributed by atoms with Crippen LogP contribution in [0.25, 0.3) is 10.9 Å². The maximum Gasteiger partial charge on any atom is 0.309 e. The number of carboxylic acid groups (broad SMARTS) is 1. The van der Waals surface area contributed by atoms with Crippen LogP contribution in [0.5, 0.6) is 5.75 Å². The Morgan fingerprint density at radius 1 is 1.03 bits per heavy atom. The Morgan fingerprint density at radius 2 is 1.73 bits per heavy atom. The van der Waals surface area contributed by atoms with Crippen LogP contribution in [0.4, 0.5) is 0 Å². The average molecular weight is 526 g/mol. The molecule has 5 rings (SSSR count). The maximum absolute atomic E-state index is 13.7. The number of fused-ring (bicyclic) bond motifs is 1. The molecular formula is C28H35N3O5S. The third-order valence-electron chi connectivity index (χ3n) is 8.00. The van der Waals surface area contributed by atoms with Crippen molar-refractivity contribution in [3.8, 4) is 5.75 Å². The van der Waals surface area contributed by atoms with E-state index in [1.807, 2.05) is 28.9 Å². The second kappa shape index (κ2) is 10.8. The minimum atomic E-state index is -3.71. The van der Waals surface area contributed by atoms with E-state index < -0.39 is 16.0 Å². The molecular weight excluding hydrogens is 490 g/mol. The van der Waals surface area contributed by atoms with Crippen LogP contribution in [0, 0.1) is 11.8 Å². The van der Waals surface area contributed by atoms with Crippen molar-refractivity contribution in [1.29, 1.82) is 0 Å². The van der Waals surface area contributed by atoms with Gasteiger partial charge in [0, 0.05) is 18.5 Å². The lowest BCUT2D eigenvalue weighted by atomic mass is 9.86. The molecule has 1 aliphatic heterocycles. The van der Waals surface area contributed by atoms with Gasteiger partial charge in [0.05, 0.1) is 35.7 Å². The minimum Gasteiger partial charge on any atom is -0.497 e. The van der Waals surface area contributed by atoms with Crippen LogP contribution >= 0.6 is 0 Å². The van der Waals surface area contributed by atoms with E-state index in [0.717, 1.165) is 17.3 Å². The second-order valence-corrected chi connectivity index (χ2v) is 12.3. The number of ether oxygens (including phenoxy) is 1. The van der Waals surface area contributed by atoms with Crippen molar-refractivity contribution in [2.24, 2.45) is 11.8 Å². The van der Waals surface area contributed by atoms with Crippen LogP contribution < -0.4 is 4.74 Å². The highest BCUT2D eigenvalue weighted by atomic mass is 32.2. The van der Waals surface area contributed by atoms with Gasteiger partial charge in [0.2, 0.25) is 10.0 Å². The summed E-state index contributed by atoms with van der Waals surface area (Å²) in [5, 5.41) is 15.1. The molecule has 37 heavy (non-hydrogen) atoms. The van der Waals surface area contributed by atoms with Gasteiger partial charge in [-0.1, -0.05) is 56.7 Å². The van der Waals surface area contributed by atoms with Crippen molar-refractivity contribution >= 4 is 26.9 Å². The minimum absolute atomic E-state index is 0.0945. The fourth-order valence-corrected chi connectivity index (χ4v) is 7.64. The van der Waals surface area contributed by atoms with E-state index in [9.17, 15) is 18.3 Å². The highest BCUT2D eigenvalue weighted by molar-refractivity contribution is 7.89. The smallest absolute Gasteiger partial charge is 0.309 e. The number of sulfonamides is 1. The first kappa shape index (κ1) is 25.7. The summed E-state index contributed by atoms with van der Waals surface area (Å²) < 4.78 is 36.1. The van der Waals surface area contributed by atoms with E-state index >= 15 is 0 Å². The summed E-state index contributed by atoms with van der Waals surface area (Å²) in [6.45, 7) is 0.738. The van der Waals surface area contributed by atoms with Crippen molar-refractivity contribution in [3.05, 3.63) is 54.2 Å². The SMILES string of the molecule is COc1ccc(S(=O)(=O)N2C[C@@H](CC3CCCCCC3)[C@@H](n3nc(CC(=O)O)c4ccccc43)C2)cc1. The lowest BCUT2D eigenvalue weighted by Gasteiger charge is -2.24. The van der Waals surface area contributed by atoms with Gasteiger partial charge in [-0.15, -0.1) is 0 Å². The predicted octanol–water partition coefficient (Wildman–Crippen LogP) is 4.89. The number of aromatic nitrogens is 2. The van der Waals surface area contributed by atoms with Gasteiger partial charge >= 0.3 is 5.97 Å². The van der Waals surface area contributed by atoms with Crippen LogP contribution in [-0.2, 0) is 21.2 Å². The van der Waals surface area contributed by atoms with Gasteiger partial charge in [-0.3, -0.25) is 9.48 Å². The van der Waals surface area contributed by atoms with Crippen molar-refractivity contribution in [3.63, 3.8) is 0 Å². The van der Waals surface area contributed by atoms with Crippen molar-refractivity contribution in [2.45, 2.75) is 62.3 Å². The molecule has 1 saturated carbocycles. The van der Waals surface area contributed by atoms with Gasteiger partial charge < -0.3 is 9.84 Å². The summed E-state index contributed by atoms with van der Waals surface area (Å²) in [7, 11) is -2.15. The number of aliphatic carboxylic acids is 1. The maximum atomic E-state index is 13.7. The van der Waals surface area contributed by atoms with Crippen LogP contribution in [-0.4, -0.2) is 53.8 Å². The molecule has 0 unspecified atom stereocenters. The quantitative estimate of drug-likeness (QED) is 0.420. The number of nitrogens with zero attached hydrogens (tertiary/aromatic N) is 3. The van der Waals surface area contributed by atoms with Crippen LogP contribution in [0.2, 0.25) is 0 Å². The summed E-state index contributed by atoms with van der Waals surface area (Å²) in [5.41, 5.74) is 1.38. The van der Waals surface area contributed by atoms with E-state index in [1.165, 1.54) is 38.5 Å². The molecule has 0 radical (unpaired) electrons. The summed E-state index contributed by atoms with van der Waals surface area (Å²) >= 11 is 0. The Labute approximate surface area is 218 Å². The molecule has 1 aromatic heterocycles. The van der Waals surface area contributed by atoms with Gasteiger partial charge in [-0.25, -0.2) is 8.42 Å². The van der Waals surface area contributed by atoms with E-state index in [4.69, 9.17) is 9.84 Å². The van der Waals surface area contributed by atoms with Gasteiger partial charge in [-0.05, 0) is 48.6 Å². The summed E-state index contributed by atoms with van der Waals surface area (Å²) in [6.07, 6.45) is 8.13. The fourth-order valence-electron chi connectivity index (χ4n) is 6.13. The van der Waals surface area contributed by atoms with Gasteiger partial charge in [0.1, 0.15) is 5.75 Å². The lowest BCUT2D eigenvalue weighted by molar-refractivity contribution is -0.136. The van der Waals surface area contributed by atoms with Crippen molar-refractivity contribution in [2.75, 3.05) is 20.2 Å². The fraction of sp³-hybridized carbons (Fsp3) is 0.500. The monoisotopic (exact) mass is 525 g/mol. The number of para-hydroxylation sites is 1. The summed E-state index contributed by atoms with van der Waals surface area (Å²) in [6, 6.07) is 14.0. The van der Waals surface area contributed by atoms with E-state index in [0.29, 0.717) is 30.5 Å². The molecule has 9 heteroatoms. The number of benzene rings is 2. The van der Waals surface area contributed by atoms with E-state index in [2.05, 4.69) is 0 Å². The van der Waals surface area contributed by atoms with Crippen LogP contribution in [0.1, 0.15) is 56.7 Å². The number of carboxylic acids is 1. The standard InChI is InChI=1S/C28H35N3O5S/c1-36-22-12-14-23(15-13-22)37(34,35)30-18-21(16-20-8-4-2-3-5-9-20)27(19-30)31-26-11-7-6-10-24(26)25(29-31)17-28(32)33/h6-7,10-15,20-21,27H,2-5,8-9,16-19H2,1H3,(H,32,33)/t21-,27+/m1/s1. The molecule has 2 fully saturated rings. The largest absolute Gasteiger partial charge is 0.497 e. The molecule has 2 heterocycles. The van der Waals surface area contributed by atoms with Gasteiger partial charge in [0.15, 0.2) is 0 Å². The zero-order chi connectivity index (χ0) is 26.0. The number of rotatable bonds is 8. The Morgan fingerprint density at radius 3 is 2.41 bits per heavy atom. The number of hydrogen-bond donors (Lipinski definition) is 1. The Bertz CT molecular complexity index is 1340. The van der Waals surface area contributed by atoms with Crippen molar-refractivity contribution < 1.29 is 23.1 Å². The molecule has 0 bridgehead atoms. The molecule has 1 saturated heterocycles. The van der Waals surface area contributed by atoms with E-state index in [1.54, 1.807) is 35.7 Å². The normalized spacial score (nSPS) is 21.8. The lowest BCUT2D eigenvalue weighted by Crippen LogP contribution is -2.29. The first-order valence-corrected chi connectivity index (χ1v) is 14.6. The Hall–Kier alpha value is -2.91. The molecule has 1 N–H and O–H groups in total.